The Morgan fingerprint density at radius 3 is 2.29 bits per heavy atom. The van der Waals surface area contributed by atoms with Crippen LogP contribution in [-0.4, -0.2) is 76.4 Å². The van der Waals surface area contributed by atoms with Gasteiger partial charge in [-0.2, -0.15) is 5.26 Å². The number of amides is 1. The van der Waals surface area contributed by atoms with Crippen LogP contribution in [0.1, 0.15) is 31.9 Å². The summed E-state index contributed by atoms with van der Waals surface area (Å²) in [5.74, 6) is -1.70. The molecule has 0 fully saturated rings. The molecule has 0 bridgehead atoms. The highest BCUT2D eigenvalue weighted by atomic mass is 35.5. The molecular weight excluding hydrogens is 720 g/mol. The lowest BCUT2D eigenvalue weighted by atomic mass is 10.1. The van der Waals surface area contributed by atoms with E-state index in [9.17, 15) is 22.9 Å². The van der Waals surface area contributed by atoms with Crippen LogP contribution in [0.4, 0.5) is 36.6 Å². The number of hydrogen-bond acceptors (Lipinski definition) is 11. The van der Waals surface area contributed by atoms with Crippen molar-refractivity contribution in [3.05, 3.63) is 88.7 Å². The highest BCUT2D eigenvalue weighted by molar-refractivity contribution is 7.92. The molecule has 4 rings (SSSR count). The molecule has 1 heterocycles. The van der Waals surface area contributed by atoms with Crippen molar-refractivity contribution in [3.63, 3.8) is 0 Å². The fourth-order valence-electron chi connectivity index (χ4n) is 4.79. The molecule has 0 atom stereocenters. The van der Waals surface area contributed by atoms with Gasteiger partial charge < -0.3 is 29.3 Å². The van der Waals surface area contributed by atoms with Gasteiger partial charge in [0.2, 0.25) is 5.95 Å². The van der Waals surface area contributed by atoms with Gasteiger partial charge in [-0.3, -0.25) is 0 Å². The van der Waals surface area contributed by atoms with Gasteiger partial charge in [0, 0.05) is 44.9 Å². The van der Waals surface area contributed by atoms with E-state index in [1.54, 1.807) is 70.1 Å². The summed E-state index contributed by atoms with van der Waals surface area (Å²) in [7, 11) is 1.39. The normalized spacial score (nSPS) is 11.3. The molecule has 0 radical (unpaired) electrons. The van der Waals surface area contributed by atoms with E-state index in [1.807, 2.05) is 0 Å². The number of halogens is 3. The first-order valence-electron chi connectivity index (χ1n) is 15.6. The van der Waals surface area contributed by atoms with Crippen molar-refractivity contribution < 1.29 is 36.2 Å². The zero-order chi connectivity index (χ0) is 38.4. The SMILES string of the molecule is COc1ccc(CN(c2ncc(F)cn2)S(=O)(=O)c2cc(Cl)c(Nc3ccc(C#N)cc3N(C)CCN(C)C(=O)OC(C)(C)C)cc2F)c(OC)c1. The number of methoxy groups -OCH3 is 2. The Morgan fingerprint density at radius 2 is 1.67 bits per heavy atom. The van der Waals surface area contributed by atoms with Crippen molar-refractivity contribution in [2.45, 2.75) is 37.8 Å². The third-order valence-electron chi connectivity index (χ3n) is 7.51. The minimum absolute atomic E-state index is 0.0183. The molecule has 276 valence electrons. The standard InChI is InChI=1S/C35H38ClF2N7O6S/c1-35(2,3)51-34(46)44(5)13-12-43(4)30-14-22(18-39)8-11-28(30)42-29-17-27(38)32(16-26(29)36)52(47,48)45(33-40-19-24(37)20-41-33)21-23-9-10-25(49-6)15-31(23)50-7/h8-11,14-17,19-20,42H,12-13,21H2,1-7H3. The molecule has 0 aliphatic heterocycles. The van der Waals surface area contributed by atoms with E-state index < -0.39 is 50.7 Å². The van der Waals surface area contributed by atoms with Gasteiger partial charge in [0.25, 0.3) is 10.0 Å². The molecule has 1 N–H and O–H groups in total. The van der Waals surface area contributed by atoms with Gasteiger partial charge in [-0.25, -0.2) is 36.3 Å². The fraction of sp³-hybridized carbons (Fsp3) is 0.314. The number of rotatable bonds is 13. The predicted octanol–water partition coefficient (Wildman–Crippen LogP) is 6.74. The van der Waals surface area contributed by atoms with E-state index >= 15 is 4.39 Å². The Labute approximate surface area is 306 Å². The molecular formula is C35H38ClF2N7O6S. The van der Waals surface area contributed by atoms with Crippen molar-refractivity contribution in [2.24, 2.45) is 0 Å². The summed E-state index contributed by atoms with van der Waals surface area (Å²) in [6.07, 6.45) is 1.07. The molecule has 0 unspecified atom stereocenters. The second-order valence-electron chi connectivity index (χ2n) is 12.4. The highest BCUT2D eigenvalue weighted by Crippen LogP contribution is 2.37. The number of aromatic nitrogens is 2. The second kappa shape index (κ2) is 16.3. The third kappa shape index (κ3) is 9.47. The number of hydrogen-bond donors (Lipinski definition) is 1. The zero-order valence-corrected chi connectivity index (χ0v) is 31.1. The van der Waals surface area contributed by atoms with Gasteiger partial charge in [0.05, 0.1) is 66.9 Å². The lowest BCUT2D eigenvalue weighted by molar-refractivity contribution is 0.0303. The molecule has 0 aliphatic carbocycles. The number of nitriles is 1. The Bertz CT molecular complexity index is 2080. The molecule has 1 aromatic heterocycles. The van der Waals surface area contributed by atoms with Gasteiger partial charge in [0.15, 0.2) is 5.82 Å². The van der Waals surface area contributed by atoms with Crippen molar-refractivity contribution >= 4 is 50.7 Å². The van der Waals surface area contributed by atoms with Crippen molar-refractivity contribution in [2.75, 3.05) is 55.9 Å². The highest BCUT2D eigenvalue weighted by Gasteiger charge is 2.32. The summed E-state index contributed by atoms with van der Waals surface area (Å²) in [6.45, 7) is 5.45. The molecule has 0 saturated carbocycles. The lowest BCUT2D eigenvalue weighted by Gasteiger charge is -2.28. The van der Waals surface area contributed by atoms with E-state index in [1.165, 1.54) is 25.2 Å². The molecule has 0 aliphatic rings. The second-order valence-corrected chi connectivity index (χ2v) is 14.7. The molecule has 0 saturated heterocycles. The van der Waals surface area contributed by atoms with E-state index in [-0.39, 0.29) is 23.0 Å². The lowest BCUT2D eigenvalue weighted by Crippen LogP contribution is -2.38. The first kappa shape index (κ1) is 39.4. The summed E-state index contributed by atoms with van der Waals surface area (Å²) in [5, 5.41) is 12.4. The van der Waals surface area contributed by atoms with Gasteiger partial charge in [0.1, 0.15) is 27.8 Å². The van der Waals surface area contributed by atoms with Crippen LogP contribution in [0, 0.1) is 23.0 Å². The van der Waals surface area contributed by atoms with Gasteiger partial charge in [-0.15, -0.1) is 0 Å². The maximum absolute atomic E-state index is 16.0. The maximum Gasteiger partial charge on any atom is 0.410 e. The summed E-state index contributed by atoms with van der Waals surface area (Å²) < 4.78 is 74.8. The number of carbonyl (C=O) groups is 1. The Morgan fingerprint density at radius 1 is 0.981 bits per heavy atom. The van der Waals surface area contributed by atoms with Gasteiger partial charge in [-0.05, 0) is 57.2 Å². The van der Waals surface area contributed by atoms with Crippen LogP contribution in [0.15, 0.2) is 65.8 Å². The van der Waals surface area contributed by atoms with Crippen LogP contribution in [0.25, 0.3) is 0 Å². The van der Waals surface area contributed by atoms with E-state index in [2.05, 4.69) is 21.4 Å². The third-order valence-corrected chi connectivity index (χ3v) is 9.57. The molecule has 13 nitrogen and oxygen atoms in total. The van der Waals surface area contributed by atoms with Crippen molar-refractivity contribution in [1.82, 2.24) is 14.9 Å². The Balaban J connectivity index is 1.67. The summed E-state index contributed by atoms with van der Waals surface area (Å²) in [5.41, 5.74) is 0.951. The van der Waals surface area contributed by atoms with E-state index in [4.69, 9.17) is 25.8 Å². The van der Waals surface area contributed by atoms with E-state index in [0.717, 1.165) is 24.5 Å². The average molecular weight is 758 g/mol. The first-order chi connectivity index (χ1) is 24.5. The smallest absolute Gasteiger partial charge is 0.410 e. The molecule has 4 aromatic rings. The molecule has 52 heavy (non-hydrogen) atoms. The minimum atomic E-state index is -4.79. The number of carbonyl (C=O) groups excluding carboxylic acids is 1. The number of sulfonamides is 1. The summed E-state index contributed by atoms with van der Waals surface area (Å²) >= 11 is 6.60. The van der Waals surface area contributed by atoms with Crippen molar-refractivity contribution in [1.29, 1.82) is 5.26 Å². The molecule has 0 spiro atoms. The number of nitrogens with zero attached hydrogens (tertiary/aromatic N) is 6. The average Bonchev–Trinajstić information content (AvgIpc) is 3.10. The predicted molar refractivity (Wildman–Crippen MR) is 193 cm³/mol. The number of ether oxygens (including phenoxy) is 3. The number of nitrogens with one attached hydrogen (secondary N) is 1. The van der Waals surface area contributed by atoms with Crippen LogP contribution in [0.3, 0.4) is 0 Å². The van der Waals surface area contributed by atoms with Crippen LogP contribution in [-0.2, 0) is 21.3 Å². The fourth-order valence-corrected chi connectivity index (χ4v) is 6.50. The topological polar surface area (TPSA) is 150 Å². The quantitative estimate of drug-likeness (QED) is 0.155. The first-order valence-corrected chi connectivity index (χ1v) is 17.5. The Kier molecular flexibility index (Phi) is 12.3. The zero-order valence-electron chi connectivity index (χ0n) is 29.6. The minimum Gasteiger partial charge on any atom is -0.497 e. The van der Waals surface area contributed by atoms with Crippen LogP contribution in [0.2, 0.25) is 5.02 Å². The molecule has 1 amide bonds. The van der Waals surface area contributed by atoms with Crippen molar-refractivity contribution in [3.8, 4) is 17.6 Å². The summed E-state index contributed by atoms with van der Waals surface area (Å²) in [4.78, 5) is 22.5. The number of benzene rings is 3. The molecule has 17 heteroatoms. The summed E-state index contributed by atoms with van der Waals surface area (Å²) in [6, 6.07) is 13.4. The van der Waals surface area contributed by atoms with Gasteiger partial charge >= 0.3 is 6.09 Å². The van der Waals surface area contributed by atoms with Crippen LogP contribution >= 0.6 is 11.6 Å². The van der Waals surface area contributed by atoms with Gasteiger partial charge in [-0.1, -0.05) is 11.6 Å². The number of anilines is 4. The number of likely N-dealkylation sites (N-methyl/N-ethyl adjacent to an activating group) is 2. The maximum atomic E-state index is 16.0. The van der Waals surface area contributed by atoms with E-state index in [0.29, 0.717) is 39.1 Å². The molecule has 3 aromatic carbocycles. The monoisotopic (exact) mass is 757 g/mol. The largest absolute Gasteiger partial charge is 0.497 e. The van der Waals surface area contributed by atoms with Crippen LogP contribution in [0.5, 0.6) is 11.5 Å². The Hall–Kier alpha value is -5.40. The van der Waals surface area contributed by atoms with Crippen LogP contribution < -0.4 is 24.0 Å².